The van der Waals surface area contributed by atoms with E-state index in [1.165, 1.54) is 5.57 Å². The highest BCUT2D eigenvalue weighted by atomic mass is 127. The second kappa shape index (κ2) is 10.9. The summed E-state index contributed by atoms with van der Waals surface area (Å²) >= 11 is 18.2. The van der Waals surface area contributed by atoms with Crippen LogP contribution in [0.3, 0.4) is 0 Å². The molecule has 1 spiro atoms. The van der Waals surface area contributed by atoms with Gasteiger partial charge in [0.1, 0.15) is 17.8 Å². The highest BCUT2D eigenvalue weighted by Crippen LogP contribution is 2.56. The lowest BCUT2D eigenvalue weighted by Crippen LogP contribution is -3.00. The normalized spacial score (nSPS) is 32.3. The van der Waals surface area contributed by atoms with Crippen molar-refractivity contribution >= 4 is 60.8 Å². The number of carbonyl (C=O) groups is 1. The van der Waals surface area contributed by atoms with Crippen LogP contribution in [0.5, 0.6) is 5.75 Å². The highest BCUT2D eigenvalue weighted by molar-refractivity contribution is 6.71. The zero-order valence-corrected chi connectivity index (χ0v) is 27.6. The minimum atomic E-state index is -2.11. The van der Waals surface area contributed by atoms with Gasteiger partial charge >= 0.3 is 6.08 Å². The van der Waals surface area contributed by atoms with Crippen LogP contribution in [0.25, 0.3) is 0 Å². The Hall–Kier alpha value is -0.723. The minimum absolute atomic E-state index is 0. The summed E-state index contributed by atoms with van der Waals surface area (Å²) in [6.45, 7) is 9.37. The Balaban J connectivity index is 0.00000336. The van der Waals surface area contributed by atoms with Gasteiger partial charge in [0.05, 0.1) is 25.7 Å². The average Bonchev–Trinajstić information content (AvgIpc) is 2.93. The molecule has 4 bridgehead atoms. The molecule has 4 heterocycles. The van der Waals surface area contributed by atoms with E-state index in [1.807, 2.05) is 18.2 Å². The third-order valence-electron chi connectivity index (χ3n) is 8.00. The number of allylic oxidation sites excluding steroid dienone is 1. The number of nitrogens with one attached hydrogen (secondary N) is 1. The number of hydrogen-bond donors (Lipinski definition) is 1. The third kappa shape index (κ3) is 5.44. The number of methoxy groups -OCH3 is 1. The van der Waals surface area contributed by atoms with Crippen LogP contribution in [-0.2, 0) is 24.1 Å². The summed E-state index contributed by atoms with van der Waals surface area (Å²) in [7, 11) is -0.485. The molecule has 1 aromatic rings. The molecule has 1 aromatic carbocycles. The summed E-state index contributed by atoms with van der Waals surface area (Å²) in [5, 5.41) is 3.13. The molecule has 4 fully saturated rings. The maximum atomic E-state index is 13.9. The number of carbonyl (C=O) groups excluding carboxylic acids is 1. The van der Waals surface area contributed by atoms with Crippen LogP contribution < -0.4 is 34.0 Å². The molecule has 1 N–H and O–H groups in total. The van der Waals surface area contributed by atoms with Crippen molar-refractivity contribution in [2.75, 3.05) is 32.2 Å². The van der Waals surface area contributed by atoms with E-state index in [2.05, 4.69) is 42.5 Å². The summed E-state index contributed by atoms with van der Waals surface area (Å²) in [6.07, 6.45) is 3.65. The maximum absolute atomic E-state index is 13.9. The van der Waals surface area contributed by atoms with E-state index >= 15 is 0 Å². The number of alkyl halides is 3. The van der Waals surface area contributed by atoms with E-state index in [0.29, 0.717) is 37.3 Å². The topological polar surface area (TPSA) is 69.0 Å². The second-order valence-corrected chi connectivity index (χ2v) is 18.3. The Bertz CT molecular complexity index is 1170. The van der Waals surface area contributed by atoms with Crippen molar-refractivity contribution in [2.24, 2.45) is 11.8 Å². The number of amides is 1. The molecule has 5 aliphatic rings. The van der Waals surface area contributed by atoms with Crippen LogP contribution in [-0.4, -0.2) is 67.7 Å². The van der Waals surface area contributed by atoms with Crippen LogP contribution in [0.1, 0.15) is 25.3 Å². The number of fused-ring (bicyclic) bond motifs is 2. The molecule has 0 radical (unpaired) electrons. The van der Waals surface area contributed by atoms with E-state index in [1.54, 1.807) is 7.11 Å². The molecule has 3 saturated heterocycles. The molecule has 1 saturated carbocycles. The van der Waals surface area contributed by atoms with E-state index in [9.17, 15) is 4.79 Å². The maximum Gasteiger partial charge on any atom is 0.535 e. The Morgan fingerprint density at radius 2 is 2.05 bits per heavy atom. The molecule has 4 aliphatic heterocycles. The molecule has 1 aliphatic carbocycles. The predicted octanol–water partition coefficient (Wildman–Crippen LogP) is 2.25. The molecule has 210 valence electrons. The minimum Gasteiger partial charge on any atom is -1.00 e. The lowest BCUT2D eigenvalue weighted by atomic mass is 9.72. The fourth-order valence-corrected chi connectivity index (χ4v) is 7.32. The second-order valence-electron chi connectivity index (χ2n) is 11.3. The number of ether oxygens (including phenoxy) is 3. The Kier molecular flexibility index (Phi) is 8.70. The first-order chi connectivity index (χ1) is 17.4. The molecular weight excluding hydrogens is 682 g/mol. The van der Waals surface area contributed by atoms with Crippen molar-refractivity contribution in [3.8, 4) is 5.75 Å². The SMILES string of the molecule is C/C=C1/C[N+](=C(OCC(Cl)(Cl)Cl)O[Si](C)(C)C)[C@H]2C[C@@]3(C(=O)Nc4cc(OC)ccc43)[C@H]3C[C@@H]1[C@@H]2CO3.[I-]. The third-order valence-corrected chi connectivity index (χ3v) is 9.11. The zero-order chi connectivity index (χ0) is 26.8. The van der Waals surface area contributed by atoms with Crippen molar-refractivity contribution < 1.29 is 52.0 Å². The van der Waals surface area contributed by atoms with Crippen molar-refractivity contribution in [3.63, 3.8) is 0 Å². The van der Waals surface area contributed by atoms with Gasteiger partial charge in [-0.1, -0.05) is 46.9 Å². The molecule has 12 heteroatoms. The zero-order valence-electron chi connectivity index (χ0n) is 22.2. The molecule has 1 amide bonds. The number of hydrogen-bond acceptors (Lipinski definition) is 5. The van der Waals surface area contributed by atoms with Gasteiger partial charge in [-0.05, 0) is 56.1 Å². The van der Waals surface area contributed by atoms with Gasteiger partial charge in [0.25, 0.3) is 8.32 Å². The van der Waals surface area contributed by atoms with E-state index in [0.717, 1.165) is 17.7 Å². The number of piperidine rings is 1. The summed E-state index contributed by atoms with van der Waals surface area (Å²) in [5.74, 6) is 1.14. The Morgan fingerprint density at radius 3 is 2.68 bits per heavy atom. The first kappa shape index (κ1) is 30.2. The standard InChI is InChI=1S/C26H33Cl3N2O5Si.HI/c1-6-15-12-31(24(36-37(3,4)5)35-14-26(27,28)29)21-11-25(22-10-17(15)18(21)13-34-22)19-8-7-16(33-2)9-20(19)30-23(25)32;/h6-9,17-18,21-22H,10-14H2,1-5H3;1H/b15-6-,31-24?;/t17-,18-,21-,22+,25-;/m0./s1. The van der Waals surface area contributed by atoms with E-state index in [4.69, 9.17) is 53.4 Å². The number of nitrogens with zero attached hydrogens (tertiary/aromatic N) is 1. The van der Waals surface area contributed by atoms with Gasteiger partial charge in [-0.2, -0.15) is 4.58 Å². The van der Waals surface area contributed by atoms with Gasteiger partial charge in [0.2, 0.25) is 9.70 Å². The van der Waals surface area contributed by atoms with Gasteiger partial charge in [0, 0.05) is 18.2 Å². The van der Waals surface area contributed by atoms with Crippen molar-refractivity contribution in [3.05, 3.63) is 35.4 Å². The molecular formula is C26H34Cl3IN2O5Si. The largest absolute Gasteiger partial charge is 1.00 e. The summed E-state index contributed by atoms with van der Waals surface area (Å²) in [5.41, 5.74) is 2.18. The summed E-state index contributed by atoms with van der Waals surface area (Å²) in [6, 6.07) is 5.73. The molecule has 38 heavy (non-hydrogen) atoms. The van der Waals surface area contributed by atoms with E-state index in [-0.39, 0.29) is 54.6 Å². The lowest BCUT2D eigenvalue weighted by molar-refractivity contribution is -0.594. The van der Waals surface area contributed by atoms with Gasteiger partial charge in [-0.15, -0.1) is 0 Å². The Labute approximate surface area is 257 Å². The van der Waals surface area contributed by atoms with Crippen LogP contribution in [0, 0.1) is 11.8 Å². The van der Waals surface area contributed by atoms with Crippen LogP contribution in [0.4, 0.5) is 5.69 Å². The molecule has 0 unspecified atom stereocenters. The lowest BCUT2D eigenvalue weighted by Gasteiger charge is -2.40. The fraction of sp³-hybridized carbons (Fsp3) is 0.615. The van der Waals surface area contributed by atoms with Crippen molar-refractivity contribution in [2.45, 2.75) is 60.8 Å². The fourth-order valence-electron chi connectivity index (χ4n) is 6.45. The first-order valence-electron chi connectivity index (χ1n) is 12.6. The van der Waals surface area contributed by atoms with Gasteiger partial charge in [-0.3, -0.25) is 4.79 Å². The van der Waals surface area contributed by atoms with Crippen LogP contribution in [0.15, 0.2) is 29.8 Å². The van der Waals surface area contributed by atoms with Gasteiger partial charge in [-0.25, -0.2) is 0 Å². The van der Waals surface area contributed by atoms with Crippen LogP contribution in [0.2, 0.25) is 19.6 Å². The molecule has 7 nitrogen and oxygen atoms in total. The van der Waals surface area contributed by atoms with Gasteiger partial charge < -0.3 is 47.9 Å². The number of halogens is 4. The molecule has 0 aromatic heterocycles. The highest BCUT2D eigenvalue weighted by Gasteiger charge is 2.65. The van der Waals surface area contributed by atoms with Gasteiger partial charge in [0.15, 0.2) is 12.6 Å². The molecule has 5 atom stereocenters. The number of rotatable bonds is 3. The van der Waals surface area contributed by atoms with Crippen LogP contribution >= 0.6 is 34.8 Å². The average molecular weight is 716 g/mol. The number of benzene rings is 1. The smallest absolute Gasteiger partial charge is 0.535 e. The first-order valence-corrected chi connectivity index (χ1v) is 17.2. The van der Waals surface area contributed by atoms with Crippen molar-refractivity contribution in [1.82, 2.24) is 0 Å². The van der Waals surface area contributed by atoms with Crippen molar-refractivity contribution in [1.29, 1.82) is 0 Å². The quantitative estimate of drug-likeness (QED) is 0.130. The van der Waals surface area contributed by atoms with E-state index < -0.39 is 17.5 Å². The monoisotopic (exact) mass is 714 g/mol. The summed E-state index contributed by atoms with van der Waals surface area (Å²) in [4.78, 5) is 13.9. The number of anilines is 1. The predicted molar refractivity (Wildman–Crippen MR) is 148 cm³/mol. The summed E-state index contributed by atoms with van der Waals surface area (Å²) < 4.78 is 25.1. The molecule has 6 rings (SSSR count). The Morgan fingerprint density at radius 1 is 1.32 bits per heavy atom.